The average molecular weight is 242 g/mol. The van der Waals surface area contributed by atoms with Crippen molar-refractivity contribution in [1.29, 1.82) is 0 Å². The number of amides is 2. The van der Waals surface area contributed by atoms with E-state index in [-0.39, 0.29) is 18.2 Å². The molecular formula is C11H18N2O4. The van der Waals surface area contributed by atoms with E-state index in [9.17, 15) is 14.4 Å². The van der Waals surface area contributed by atoms with Crippen LogP contribution in [-0.4, -0.2) is 58.9 Å². The van der Waals surface area contributed by atoms with Gasteiger partial charge >= 0.3 is 5.97 Å². The highest BCUT2D eigenvalue weighted by Gasteiger charge is 2.28. The first-order chi connectivity index (χ1) is 8.04. The molecule has 0 aromatic rings. The second-order valence-electron chi connectivity index (χ2n) is 4.02. The normalized spacial score (nSPS) is 16.0. The molecule has 1 saturated heterocycles. The summed E-state index contributed by atoms with van der Waals surface area (Å²) >= 11 is 0. The number of hydrogen-bond acceptors (Lipinski definition) is 4. The molecule has 1 aliphatic rings. The third-order valence-electron chi connectivity index (χ3n) is 2.88. The van der Waals surface area contributed by atoms with E-state index in [0.29, 0.717) is 39.0 Å². The summed E-state index contributed by atoms with van der Waals surface area (Å²) in [6, 6.07) is 0. The maximum atomic E-state index is 11.3. The van der Waals surface area contributed by atoms with Crippen LogP contribution in [0.2, 0.25) is 0 Å². The van der Waals surface area contributed by atoms with E-state index in [1.807, 2.05) is 11.8 Å². The first-order valence-corrected chi connectivity index (χ1v) is 5.82. The van der Waals surface area contributed by atoms with E-state index in [1.54, 1.807) is 0 Å². The number of carbonyl (C=O) groups is 3. The van der Waals surface area contributed by atoms with Crippen molar-refractivity contribution in [2.24, 2.45) is 0 Å². The van der Waals surface area contributed by atoms with Crippen molar-refractivity contribution < 1.29 is 19.5 Å². The van der Waals surface area contributed by atoms with Gasteiger partial charge in [0.2, 0.25) is 11.8 Å². The zero-order valence-electron chi connectivity index (χ0n) is 10.0. The fourth-order valence-corrected chi connectivity index (χ4v) is 1.80. The number of hydrogen-bond donors (Lipinski definition) is 1. The molecule has 1 rings (SSSR count). The van der Waals surface area contributed by atoms with Gasteiger partial charge in [0.05, 0.1) is 6.42 Å². The summed E-state index contributed by atoms with van der Waals surface area (Å²) in [7, 11) is 0. The van der Waals surface area contributed by atoms with Gasteiger partial charge in [0.1, 0.15) is 0 Å². The van der Waals surface area contributed by atoms with Crippen LogP contribution in [-0.2, 0) is 14.4 Å². The summed E-state index contributed by atoms with van der Waals surface area (Å²) in [5.74, 6) is -1.08. The number of carbonyl (C=O) groups excluding carboxylic acids is 2. The van der Waals surface area contributed by atoms with Crippen LogP contribution in [0.15, 0.2) is 0 Å². The van der Waals surface area contributed by atoms with Gasteiger partial charge in [-0.2, -0.15) is 0 Å². The number of rotatable bonds is 7. The average Bonchev–Trinajstić information content (AvgIpc) is 2.59. The first-order valence-electron chi connectivity index (χ1n) is 5.82. The molecule has 0 aromatic carbocycles. The van der Waals surface area contributed by atoms with E-state index < -0.39 is 5.97 Å². The van der Waals surface area contributed by atoms with Crippen LogP contribution in [0.25, 0.3) is 0 Å². The van der Waals surface area contributed by atoms with Gasteiger partial charge in [-0.3, -0.25) is 19.3 Å². The van der Waals surface area contributed by atoms with Gasteiger partial charge in [-0.25, -0.2) is 0 Å². The number of likely N-dealkylation sites (tertiary alicyclic amines) is 1. The summed E-state index contributed by atoms with van der Waals surface area (Å²) in [5, 5.41) is 8.58. The molecule has 0 radical (unpaired) electrons. The fourth-order valence-electron chi connectivity index (χ4n) is 1.80. The number of aliphatic carboxylic acids is 1. The third kappa shape index (κ3) is 4.14. The lowest BCUT2D eigenvalue weighted by molar-refractivity contribution is -0.140. The second kappa shape index (κ2) is 6.34. The minimum Gasteiger partial charge on any atom is -0.481 e. The molecule has 0 aromatic heterocycles. The zero-order valence-corrected chi connectivity index (χ0v) is 10.0. The fraction of sp³-hybridized carbons (Fsp3) is 0.727. The van der Waals surface area contributed by atoms with E-state index >= 15 is 0 Å². The zero-order chi connectivity index (χ0) is 12.8. The molecular weight excluding hydrogens is 224 g/mol. The SMILES string of the molecule is CCN(CCC(=O)O)CCN1C(=O)CCC1=O. The highest BCUT2D eigenvalue weighted by Crippen LogP contribution is 2.11. The molecule has 0 saturated carbocycles. The van der Waals surface area contributed by atoms with Crippen LogP contribution in [0.1, 0.15) is 26.2 Å². The van der Waals surface area contributed by atoms with Gasteiger partial charge in [-0.15, -0.1) is 0 Å². The van der Waals surface area contributed by atoms with Gasteiger partial charge in [0.25, 0.3) is 0 Å². The lowest BCUT2D eigenvalue weighted by atomic mass is 10.3. The predicted molar refractivity (Wildman–Crippen MR) is 60.3 cm³/mol. The lowest BCUT2D eigenvalue weighted by Gasteiger charge is -2.22. The lowest BCUT2D eigenvalue weighted by Crippen LogP contribution is -2.38. The second-order valence-corrected chi connectivity index (χ2v) is 4.02. The molecule has 0 atom stereocenters. The van der Waals surface area contributed by atoms with Crippen molar-refractivity contribution in [3.05, 3.63) is 0 Å². The van der Waals surface area contributed by atoms with Crippen LogP contribution in [0.3, 0.4) is 0 Å². The number of carboxylic acid groups (broad SMARTS) is 1. The van der Waals surface area contributed by atoms with Crippen LogP contribution < -0.4 is 0 Å². The largest absolute Gasteiger partial charge is 0.481 e. The quantitative estimate of drug-likeness (QED) is 0.632. The Labute approximate surface area is 100 Å². The molecule has 1 heterocycles. The van der Waals surface area contributed by atoms with Gasteiger partial charge in [0.15, 0.2) is 0 Å². The third-order valence-corrected chi connectivity index (χ3v) is 2.88. The molecule has 6 heteroatoms. The standard InChI is InChI=1S/C11H18N2O4/c1-2-12(6-5-11(16)17)7-8-13-9(14)3-4-10(13)15/h2-8H2,1H3,(H,16,17). The van der Waals surface area contributed by atoms with Crippen molar-refractivity contribution in [1.82, 2.24) is 9.80 Å². The molecule has 0 spiro atoms. The molecule has 0 unspecified atom stereocenters. The van der Waals surface area contributed by atoms with Crippen molar-refractivity contribution in [2.75, 3.05) is 26.2 Å². The Kier molecular flexibility index (Phi) is 5.09. The maximum absolute atomic E-state index is 11.3. The molecule has 0 bridgehead atoms. The topological polar surface area (TPSA) is 77.9 Å². The van der Waals surface area contributed by atoms with Crippen LogP contribution >= 0.6 is 0 Å². The number of likely N-dealkylation sites (N-methyl/N-ethyl adjacent to an activating group) is 1. The van der Waals surface area contributed by atoms with Crippen molar-refractivity contribution in [2.45, 2.75) is 26.2 Å². The number of imide groups is 1. The van der Waals surface area contributed by atoms with Gasteiger partial charge < -0.3 is 10.0 Å². The molecule has 17 heavy (non-hydrogen) atoms. The molecule has 2 amide bonds. The van der Waals surface area contributed by atoms with Gasteiger partial charge in [0, 0.05) is 32.5 Å². The number of nitrogens with zero attached hydrogens (tertiary/aromatic N) is 2. The Bertz CT molecular complexity index is 301. The Morgan fingerprint density at radius 1 is 1.29 bits per heavy atom. The predicted octanol–water partition coefficient (Wildman–Crippen LogP) is -0.0680. The minimum absolute atomic E-state index is 0.0791. The Morgan fingerprint density at radius 3 is 2.35 bits per heavy atom. The molecule has 1 aliphatic heterocycles. The number of carboxylic acids is 1. The smallest absolute Gasteiger partial charge is 0.304 e. The highest BCUT2D eigenvalue weighted by molar-refractivity contribution is 6.01. The summed E-state index contributed by atoms with van der Waals surface area (Å²) in [6.07, 6.45) is 0.690. The van der Waals surface area contributed by atoms with Crippen LogP contribution in [0.4, 0.5) is 0 Å². The van der Waals surface area contributed by atoms with E-state index in [1.165, 1.54) is 4.90 Å². The van der Waals surface area contributed by atoms with Crippen LogP contribution in [0, 0.1) is 0 Å². The van der Waals surface area contributed by atoms with Crippen molar-refractivity contribution >= 4 is 17.8 Å². The first kappa shape index (κ1) is 13.6. The monoisotopic (exact) mass is 242 g/mol. The van der Waals surface area contributed by atoms with E-state index in [4.69, 9.17) is 5.11 Å². The summed E-state index contributed by atoms with van der Waals surface area (Å²) < 4.78 is 0. The molecule has 96 valence electrons. The van der Waals surface area contributed by atoms with E-state index in [0.717, 1.165) is 0 Å². The van der Waals surface area contributed by atoms with Crippen molar-refractivity contribution in [3.8, 4) is 0 Å². The van der Waals surface area contributed by atoms with Gasteiger partial charge in [-0.05, 0) is 6.54 Å². The van der Waals surface area contributed by atoms with Crippen molar-refractivity contribution in [3.63, 3.8) is 0 Å². The Balaban J connectivity index is 2.34. The maximum Gasteiger partial charge on any atom is 0.304 e. The molecule has 1 N–H and O–H groups in total. The van der Waals surface area contributed by atoms with Crippen LogP contribution in [0.5, 0.6) is 0 Å². The summed E-state index contributed by atoms with van der Waals surface area (Å²) in [6.45, 7) is 3.99. The Hall–Kier alpha value is -1.43. The van der Waals surface area contributed by atoms with E-state index in [2.05, 4.69) is 0 Å². The molecule has 0 aliphatic carbocycles. The Morgan fingerprint density at radius 2 is 1.88 bits per heavy atom. The summed E-state index contributed by atoms with van der Waals surface area (Å²) in [5.41, 5.74) is 0. The summed E-state index contributed by atoms with van der Waals surface area (Å²) in [4.78, 5) is 36.3. The highest BCUT2D eigenvalue weighted by atomic mass is 16.4. The molecule has 1 fully saturated rings. The molecule has 6 nitrogen and oxygen atoms in total. The van der Waals surface area contributed by atoms with Gasteiger partial charge in [-0.1, -0.05) is 6.92 Å². The minimum atomic E-state index is -0.836.